The Morgan fingerprint density at radius 2 is 2.00 bits per heavy atom. The van der Waals surface area contributed by atoms with E-state index in [1.165, 1.54) is 7.11 Å². The van der Waals surface area contributed by atoms with E-state index in [4.69, 9.17) is 4.74 Å². The molecule has 0 radical (unpaired) electrons. The second kappa shape index (κ2) is 6.30. The Morgan fingerprint density at radius 3 is 2.71 bits per heavy atom. The highest BCUT2D eigenvalue weighted by Gasteiger charge is 2.28. The molecule has 128 valence electrons. The lowest BCUT2D eigenvalue weighted by molar-refractivity contribution is -0.141. The molecule has 1 aliphatic heterocycles. The van der Waals surface area contributed by atoms with Gasteiger partial charge in [0.2, 0.25) is 0 Å². The van der Waals surface area contributed by atoms with Gasteiger partial charge in [-0.2, -0.15) is 0 Å². The number of benzene rings is 1. The number of ether oxygens (including phenoxy) is 1. The van der Waals surface area contributed by atoms with E-state index in [9.17, 15) is 9.59 Å². The zero-order valence-electron chi connectivity index (χ0n) is 14.8. The van der Waals surface area contributed by atoms with Crippen molar-refractivity contribution in [2.75, 3.05) is 20.7 Å². The topological polar surface area (TPSA) is 51.5 Å². The summed E-state index contributed by atoms with van der Waals surface area (Å²) < 4.78 is 6.73. The number of fused-ring (bicyclic) bond motifs is 3. The average Bonchev–Trinajstić information content (AvgIpc) is 2.86. The molecule has 2 heterocycles. The van der Waals surface area contributed by atoms with Crippen LogP contribution in [0, 0.1) is 13.8 Å². The van der Waals surface area contributed by atoms with Crippen LogP contribution in [0.4, 0.5) is 0 Å². The molecule has 0 N–H and O–H groups in total. The number of aryl methyl sites for hydroxylation is 3. The van der Waals surface area contributed by atoms with E-state index >= 15 is 0 Å². The van der Waals surface area contributed by atoms with Crippen molar-refractivity contribution in [1.29, 1.82) is 0 Å². The molecule has 1 aromatic heterocycles. The summed E-state index contributed by atoms with van der Waals surface area (Å²) in [7, 11) is 3.21. The lowest BCUT2D eigenvalue weighted by Gasteiger charge is -2.22. The van der Waals surface area contributed by atoms with E-state index in [2.05, 4.69) is 19.1 Å². The zero-order valence-corrected chi connectivity index (χ0v) is 14.8. The minimum atomic E-state index is -0.340. The number of carbonyl (C=O) groups excluding carboxylic acids is 2. The molecule has 0 saturated carbocycles. The Morgan fingerprint density at radius 1 is 1.25 bits per heavy atom. The van der Waals surface area contributed by atoms with Gasteiger partial charge < -0.3 is 14.2 Å². The minimum Gasteiger partial charge on any atom is -0.468 e. The second-order valence-electron chi connectivity index (χ2n) is 6.58. The number of hydrogen-bond acceptors (Lipinski definition) is 3. The first-order valence-electron chi connectivity index (χ1n) is 8.39. The quantitative estimate of drug-likeness (QED) is 0.797. The molecular weight excluding hydrogens is 304 g/mol. The molecule has 0 atom stereocenters. The lowest BCUT2D eigenvalue weighted by atomic mass is 9.99. The van der Waals surface area contributed by atoms with Crippen LogP contribution in [-0.2, 0) is 22.5 Å². The van der Waals surface area contributed by atoms with Gasteiger partial charge in [-0.05, 0) is 49.8 Å². The van der Waals surface area contributed by atoms with Crippen LogP contribution in [0.15, 0.2) is 12.1 Å². The largest absolute Gasteiger partial charge is 0.468 e. The number of carbonyl (C=O) groups is 2. The number of methoxy groups -OCH3 is 1. The fraction of sp³-hybridized carbons (Fsp3) is 0.474. The molecule has 1 aromatic carbocycles. The third-order valence-corrected chi connectivity index (χ3v) is 5.09. The van der Waals surface area contributed by atoms with Crippen LogP contribution in [0.1, 0.15) is 40.0 Å². The maximum absolute atomic E-state index is 13.0. The number of hydrogen-bond donors (Lipinski definition) is 0. The van der Waals surface area contributed by atoms with Crippen LogP contribution in [-0.4, -0.2) is 42.0 Å². The third-order valence-electron chi connectivity index (χ3n) is 5.09. The molecule has 3 rings (SSSR count). The SMILES string of the molecule is COC(=O)Cn1c2c(c3ccc(C)c(C)c31)CCCCN(C)C2=O. The van der Waals surface area contributed by atoms with Gasteiger partial charge in [0.25, 0.3) is 5.91 Å². The van der Waals surface area contributed by atoms with Crippen LogP contribution >= 0.6 is 0 Å². The fourth-order valence-electron chi connectivity index (χ4n) is 3.58. The molecular formula is C19H24N2O3. The Bertz CT molecular complexity index is 820. The molecule has 0 saturated heterocycles. The van der Waals surface area contributed by atoms with E-state index in [-0.39, 0.29) is 18.4 Å². The van der Waals surface area contributed by atoms with E-state index < -0.39 is 0 Å². The molecule has 5 heteroatoms. The molecule has 0 aliphatic carbocycles. The highest BCUT2D eigenvalue weighted by atomic mass is 16.5. The molecule has 2 aromatic rings. The Kier molecular flexibility index (Phi) is 4.35. The summed E-state index contributed by atoms with van der Waals surface area (Å²) in [4.78, 5) is 26.7. The normalized spacial score (nSPS) is 15.2. The Labute approximate surface area is 142 Å². The van der Waals surface area contributed by atoms with Crippen molar-refractivity contribution in [2.24, 2.45) is 0 Å². The van der Waals surface area contributed by atoms with E-state index in [0.29, 0.717) is 5.69 Å². The van der Waals surface area contributed by atoms with Crippen LogP contribution in [0.5, 0.6) is 0 Å². The summed E-state index contributed by atoms with van der Waals surface area (Å²) in [6.45, 7) is 4.91. The number of rotatable bonds is 2. The van der Waals surface area contributed by atoms with Gasteiger partial charge in [0.05, 0.1) is 12.6 Å². The molecule has 0 spiro atoms. The molecule has 1 amide bonds. The first-order chi connectivity index (χ1) is 11.5. The lowest BCUT2D eigenvalue weighted by Crippen LogP contribution is -2.32. The van der Waals surface area contributed by atoms with Gasteiger partial charge in [-0.1, -0.05) is 12.1 Å². The standard InChI is InChI=1S/C19H24N2O3/c1-12-8-9-15-14-7-5-6-10-20(3)19(23)18(14)21(11-16(22)24-4)17(15)13(12)2/h8-9H,5-7,10-11H2,1-4H3. The predicted molar refractivity (Wildman–Crippen MR) is 93.3 cm³/mol. The van der Waals surface area contributed by atoms with E-state index in [1.807, 2.05) is 18.5 Å². The van der Waals surface area contributed by atoms with Crippen molar-refractivity contribution in [3.05, 3.63) is 34.5 Å². The van der Waals surface area contributed by atoms with Gasteiger partial charge in [-0.25, -0.2) is 0 Å². The monoisotopic (exact) mass is 328 g/mol. The summed E-state index contributed by atoms with van der Waals surface area (Å²) in [5, 5.41) is 1.08. The van der Waals surface area contributed by atoms with Crippen molar-refractivity contribution >= 4 is 22.8 Å². The molecule has 24 heavy (non-hydrogen) atoms. The van der Waals surface area contributed by atoms with Crippen molar-refractivity contribution in [1.82, 2.24) is 9.47 Å². The molecule has 0 bridgehead atoms. The first-order valence-corrected chi connectivity index (χ1v) is 8.39. The Balaban J connectivity index is 2.35. The van der Waals surface area contributed by atoms with Crippen molar-refractivity contribution in [2.45, 2.75) is 39.7 Å². The fourth-order valence-corrected chi connectivity index (χ4v) is 3.58. The van der Waals surface area contributed by atoms with Gasteiger partial charge in [0.1, 0.15) is 12.2 Å². The van der Waals surface area contributed by atoms with Crippen LogP contribution in [0.25, 0.3) is 10.9 Å². The molecule has 0 unspecified atom stereocenters. The van der Waals surface area contributed by atoms with Crippen LogP contribution in [0.3, 0.4) is 0 Å². The molecule has 1 aliphatic rings. The summed E-state index contributed by atoms with van der Waals surface area (Å²) in [6, 6.07) is 4.17. The highest BCUT2D eigenvalue weighted by molar-refractivity contribution is 6.03. The number of amides is 1. The van der Waals surface area contributed by atoms with Gasteiger partial charge in [-0.3, -0.25) is 9.59 Å². The van der Waals surface area contributed by atoms with Gasteiger partial charge in [-0.15, -0.1) is 0 Å². The average molecular weight is 328 g/mol. The maximum Gasteiger partial charge on any atom is 0.325 e. The summed E-state index contributed by atoms with van der Waals surface area (Å²) >= 11 is 0. The van der Waals surface area contributed by atoms with Gasteiger partial charge in [0.15, 0.2) is 0 Å². The summed E-state index contributed by atoms with van der Waals surface area (Å²) in [5.74, 6) is -0.352. The summed E-state index contributed by atoms with van der Waals surface area (Å²) in [6.07, 6.45) is 2.90. The Hall–Kier alpha value is -2.30. The van der Waals surface area contributed by atoms with Gasteiger partial charge in [0, 0.05) is 19.0 Å². The van der Waals surface area contributed by atoms with Crippen molar-refractivity contribution < 1.29 is 14.3 Å². The molecule has 5 nitrogen and oxygen atoms in total. The zero-order chi connectivity index (χ0) is 17.4. The summed E-state index contributed by atoms with van der Waals surface area (Å²) in [5.41, 5.74) is 4.95. The van der Waals surface area contributed by atoms with Crippen molar-refractivity contribution in [3.8, 4) is 0 Å². The van der Waals surface area contributed by atoms with Crippen LogP contribution in [0.2, 0.25) is 0 Å². The number of aromatic nitrogens is 1. The maximum atomic E-state index is 13.0. The molecule has 0 fully saturated rings. The minimum absolute atomic E-state index is 0.0122. The third kappa shape index (κ3) is 2.58. The number of nitrogens with zero attached hydrogens (tertiary/aromatic N) is 2. The first kappa shape index (κ1) is 16.6. The van der Waals surface area contributed by atoms with Crippen molar-refractivity contribution in [3.63, 3.8) is 0 Å². The van der Waals surface area contributed by atoms with Gasteiger partial charge >= 0.3 is 5.97 Å². The highest BCUT2D eigenvalue weighted by Crippen LogP contribution is 2.33. The second-order valence-corrected chi connectivity index (χ2v) is 6.58. The predicted octanol–water partition coefficient (Wildman–Crippen LogP) is 2.84. The smallest absolute Gasteiger partial charge is 0.325 e. The van der Waals surface area contributed by atoms with E-state index in [1.54, 1.807) is 4.90 Å². The van der Waals surface area contributed by atoms with Crippen LogP contribution < -0.4 is 0 Å². The van der Waals surface area contributed by atoms with E-state index in [0.717, 1.165) is 53.4 Å². The number of esters is 1.